The van der Waals surface area contributed by atoms with Gasteiger partial charge in [-0.25, -0.2) is 8.78 Å². The first-order chi connectivity index (χ1) is 17.7. The van der Waals surface area contributed by atoms with Crippen molar-refractivity contribution in [2.45, 2.75) is 12.5 Å². The van der Waals surface area contributed by atoms with E-state index in [4.69, 9.17) is 4.42 Å². The van der Waals surface area contributed by atoms with Crippen molar-refractivity contribution in [3.8, 4) is 11.5 Å². The first-order valence-electron chi connectivity index (χ1n) is 12.3. The lowest BCUT2D eigenvalue weighted by atomic mass is 10.1. The number of nitrogens with one attached hydrogen (secondary N) is 1. The molecule has 0 bridgehead atoms. The molecule has 3 aromatic carbocycles. The van der Waals surface area contributed by atoms with Gasteiger partial charge in [0.1, 0.15) is 17.7 Å². The molecule has 186 valence electrons. The van der Waals surface area contributed by atoms with Crippen LogP contribution >= 0.6 is 0 Å². The second kappa shape index (κ2) is 11.4. The number of aromatic nitrogens is 2. The van der Waals surface area contributed by atoms with Crippen LogP contribution in [0.1, 0.15) is 23.9 Å². The van der Waals surface area contributed by atoms with Gasteiger partial charge in [-0.1, -0.05) is 42.5 Å². The minimum Gasteiger partial charge on any atom is -0.419 e. The molecule has 8 heteroatoms. The normalized spacial score (nSPS) is 15.2. The number of rotatable bonds is 9. The minimum atomic E-state index is -0.339. The standard InChI is InChI=1S/C28H29F2N5O/c29-23-13-11-21(12-14-23)26(28-33-32-27(36-28)22-7-2-1-3-8-22)31-15-6-16-34-17-19-35(20-18-34)25-10-5-4-9-24(25)30/h1-5,7-14,26,31H,6,15-20H2. The number of hydrogen-bond donors (Lipinski definition) is 1. The molecule has 0 radical (unpaired) electrons. The first kappa shape index (κ1) is 24.1. The van der Waals surface area contributed by atoms with Crippen molar-refractivity contribution in [2.24, 2.45) is 0 Å². The summed E-state index contributed by atoms with van der Waals surface area (Å²) in [6.45, 7) is 5.03. The van der Waals surface area contributed by atoms with E-state index in [2.05, 4.69) is 25.3 Å². The van der Waals surface area contributed by atoms with E-state index in [0.717, 1.165) is 56.8 Å². The SMILES string of the molecule is Fc1ccc(C(NCCCN2CCN(c3ccccc3F)CC2)c2nnc(-c3ccccc3)o2)cc1. The molecule has 2 heterocycles. The summed E-state index contributed by atoms with van der Waals surface area (Å²) in [6.07, 6.45) is 0.914. The highest BCUT2D eigenvalue weighted by molar-refractivity contribution is 5.52. The zero-order valence-corrected chi connectivity index (χ0v) is 20.0. The Morgan fingerprint density at radius 2 is 1.56 bits per heavy atom. The molecule has 1 aliphatic rings. The molecule has 0 aliphatic carbocycles. The Hall–Kier alpha value is -3.62. The maximum Gasteiger partial charge on any atom is 0.247 e. The van der Waals surface area contributed by atoms with Gasteiger partial charge in [0.15, 0.2) is 0 Å². The van der Waals surface area contributed by atoms with Crippen LogP contribution in [0.15, 0.2) is 83.3 Å². The lowest BCUT2D eigenvalue weighted by Crippen LogP contribution is -2.47. The van der Waals surface area contributed by atoms with E-state index in [0.29, 0.717) is 17.5 Å². The fourth-order valence-corrected chi connectivity index (χ4v) is 4.52. The van der Waals surface area contributed by atoms with Crippen LogP contribution in [0.3, 0.4) is 0 Å². The van der Waals surface area contributed by atoms with Gasteiger partial charge in [0.05, 0.1) is 5.69 Å². The van der Waals surface area contributed by atoms with E-state index in [1.54, 1.807) is 18.2 Å². The van der Waals surface area contributed by atoms with Gasteiger partial charge < -0.3 is 14.6 Å². The third-order valence-corrected chi connectivity index (χ3v) is 6.48. The van der Waals surface area contributed by atoms with Gasteiger partial charge in [0, 0.05) is 31.7 Å². The van der Waals surface area contributed by atoms with Crippen molar-refractivity contribution in [2.75, 3.05) is 44.2 Å². The highest BCUT2D eigenvalue weighted by Crippen LogP contribution is 2.25. The fourth-order valence-electron chi connectivity index (χ4n) is 4.52. The van der Waals surface area contributed by atoms with Gasteiger partial charge in [-0.15, -0.1) is 10.2 Å². The van der Waals surface area contributed by atoms with Crippen LogP contribution < -0.4 is 10.2 Å². The third-order valence-electron chi connectivity index (χ3n) is 6.48. The fraction of sp³-hybridized carbons (Fsp3) is 0.286. The second-order valence-corrected chi connectivity index (χ2v) is 8.88. The van der Waals surface area contributed by atoms with Crippen molar-refractivity contribution in [3.05, 3.63) is 102 Å². The highest BCUT2D eigenvalue weighted by Gasteiger charge is 2.22. The van der Waals surface area contributed by atoms with Gasteiger partial charge in [0.2, 0.25) is 11.8 Å². The van der Waals surface area contributed by atoms with Crippen LogP contribution in [0.5, 0.6) is 0 Å². The number of para-hydroxylation sites is 1. The second-order valence-electron chi connectivity index (χ2n) is 8.88. The summed E-state index contributed by atoms with van der Waals surface area (Å²) in [7, 11) is 0. The third kappa shape index (κ3) is 5.78. The molecule has 6 nitrogen and oxygen atoms in total. The number of benzene rings is 3. The van der Waals surface area contributed by atoms with E-state index in [-0.39, 0.29) is 17.7 Å². The van der Waals surface area contributed by atoms with E-state index in [1.165, 1.54) is 18.2 Å². The zero-order valence-electron chi connectivity index (χ0n) is 20.0. The minimum absolute atomic E-state index is 0.168. The van der Waals surface area contributed by atoms with E-state index < -0.39 is 0 Å². The molecule has 0 saturated carbocycles. The van der Waals surface area contributed by atoms with E-state index in [9.17, 15) is 8.78 Å². The van der Waals surface area contributed by atoms with Gasteiger partial charge in [0.25, 0.3) is 0 Å². The molecule has 5 rings (SSSR count). The monoisotopic (exact) mass is 489 g/mol. The molecule has 1 fully saturated rings. The maximum atomic E-state index is 14.1. The molecule has 1 atom stereocenters. The van der Waals surface area contributed by atoms with Crippen molar-refractivity contribution in [1.82, 2.24) is 20.4 Å². The van der Waals surface area contributed by atoms with Gasteiger partial charge in [-0.05, 0) is 61.5 Å². The lowest BCUT2D eigenvalue weighted by Gasteiger charge is -2.36. The molecule has 0 amide bonds. The van der Waals surface area contributed by atoms with Gasteiger partial charge >= 0.3 is 0 Å². The van der Waals surface area contributed by atoms with Crippen LogP contribution in [-0.4, -0.2) is 54.4 Å². The molecule has 1 aliphatic heterocycles. The largest absolute Gasteiger partial charge is 0.419 e. The number of hydrogen-bond acceptors (Lipinski definition) is 6. The molecule has 36 heavy (non-hydrogen) atoms. The zero-order chi connectivity index (χ0) is 24.7. The van der Waals surface area contributed by atoms with Gasteiger partial charge in [-0.3, -0.25) is 4.90 Å². The summed E-state index contributed by atoms with van der Waals surface area (Å²) in [6, 6.07) is 22.6. The Morgan fingerprint density at radius 3 is 2.31 bits per heavy atom. The van der Waals surface area contributed by atoms with Crippen molar-refractivity contribution < 1.29 is 13.2 Å². The Labute approximate surface area is 209 Å². The maximum absolute atomic E-state index is 14.1. The van der Waals surface area contributed by atoms with Crippen LogP contribution in [0.25, 0.3) is 11.5 Å². The topological polar surface area (TPSA) is 57.4 Å². The van der Waals surface area contributed by atoms with Crippen molar-refractivity contribution in [3.63, 3.8) is 0 Å². The molecular weight excluding hydrogens is 460 g/mol. The first-order valence-corrected chi connectivity index (χ1v) is 12.3. The Balaban J connectivity index is 1.17. The molecular formula is C28H29F2N5O. The molecule has 1 aromatic heterocycles. The predicted octanol–water partition coefficient (Wildman–Crippen LogP) is 4.91. The predicted molar refractivity (Wildman–Crippen MR) is 136 cm³/mol. The molecule has 1 N–H and O–H groups in total. The van der Waals surface area contributed by atoms with Crippen molar-refractivity contribution >= 4 is 5.69 Å². The Morgan fingerprint density at radius 1 is 0.833 bits per heavy atom. The molecule has 4 aromatic rings. The van der Waals surface area contributed by atoms with Crippen LogP contribution in [0.2, 0.25) is 0 Å². The molecule has 1 unspecified atom stereocenters. The number of halogens is 2. The quantitative estimate of drug-likeness (QED) is 0.338. The summed E-state index contributed by atoms with van der Waals surface area (Å²) in [5, 5.41) is 12.0. The summed E-state index contributed by atoms with van der Waals surface area (Å²) in [5.41, 5.74) is 2.39. The summed E-state index contributed by atoms with van der Waals surface area (Å²) < 4.78 is 33.6. The molecule has 0 spiro atoms. The van der Waals surface area contributed by atoms with E-state index >= 15 is 0 Å². The smallest absolute Gasteiger partial charge is 0.247 e. The Kier molecular flexibility index (Phi) is 7.64. The summed E-state index contributed by atoms with van der Waals surface area (Å²) in [4.78, 5) is 4.50. The number of piperazine rings is 1. The van der Waals surface area contributed by atoms with Crippen LogP contribution in [0, 0.1) is 11.6 Å². The van der Waals surface area contributed by atoms with Crippen LogP contribution in [0.4, 0.5) is 14.5 Å². The Bertz CT molecular complexity index is 1240. The highest BCUT2D eigenvalue weighted by atomic mass is 19.1. The van der Waals surface area contributed by atoms with Crippen LogP contribution in [-0.2, 0) is 0 Å². The lowest BCUT2D eigenvalue weighted by molar-refractivity contribution is 0.252. The number of anilines is 1. The van der Waals surface area contributed by atoms with Crippen molar-refractivity contribution in [1.29, 1.82) is 0 Å². The summed E-state index contributed by atoms with van der Waals surface area (Å²) >= 11 is 0. The average Bonchev–Trinajstić information content (AvgIpc) is 3.41. The number of nitrogens with zero attached hydrogens (tertiary/aromatic N) is 4. The molecule has 1 saturated heterocycles. The van der Waals surface area contributed by atoms with Gasteiger partial charge in [-0.2, -0.15) is 0 Å². The van der Waals surface area contributed by atoms with E-state index in [1.807, 2.05) is 42.5 Å². The average molecular weight is 490 g/mol. The summed E-state index contributed by atoms with van der Waals surface area (Å²) in [5.74, 6) is 0.437.